The summed E-state index contributed by atoms with van der Waals surface area (Å²) in [7, 11) is 0. The van der Waals surface area contributed by atoms with E-state index in [4.69, 9.17) is 9.84 Å². The highest BCUT2D eigenvalue weighted by Crippen LogP contribution is 2.10. The van der Waals surface area contributed by atoms with Crippen molar-refractivity contribution < 1.29 is 14.6 Å². The van der Waals surface area contributed by atoms with Crippen molar-refractivity contribution in [2.24, 2.45) is 0 Å². The van der Waals surface area contributed by atoms with Gasteiger partial charge in [-0.05, 0) is 12.8 Å². The molecule has 0 aromatic carbocycles. The van der Waals surface area contributed by atoms with Crippen LogP contribution < -0.4 is 10.1 Å². The monoisotopic (exact) mass is 239 g/mol. The van der Waals surface area contributed by atoms with E-state index < -0.39 is 12.0 Å². The maximum absolute atomic E-state index is 10.8. The van der Waals surface area contributed by atoms with Gasteiger partial charge in [-0.25, -0.2) is 9.78 Å². The van der Waals surface area contributed by atoms with E-state index in [-0.39, 0.29) is 5.95 Å². The van der Waals surface area contributed by atoms with Crippen LogP contribution in [0.5, 0.6) is 5.88 Å². The number of ether oxygens (including phenoxy) is 1. The number of hydrogen-bond donors (Lipinski definition) is 2. The minimum Gasteiger partial charge on any atom is -0.480 e. The molecule has 2 N–H and O–H groups in total. The zero-order valence-electron chi connectivity index (χ0n) is 10.0. The molecule has 0 bridgehead atoms. The summed E-state index contributed by atoms with van der Waals surface area (Å²) in [5, 5.41) is 11.6. The number of aromatic nitrogens is 2. The zero-order chi connectivity index (χ0) is 12.7. The molecule has 0 aliphatic rings. The minimum atomic E-state index is -0.920. The van der Waals surface area contributed by atoms with Crippen molar-refractivity contribution in [1.82, 2.24) is 9.97 Å². The summed E-state index contributed by atoms with van der Waals surface area (Å²) >= 11 is 0. The van der Waals surface area contributed by atoms with Gasteiger partial charge in [-0.2, -0.15) is 4.98 Å². The van der Waals surface area contributed by atoms with E-state index in [0.717, 1.165) is 6.42 Å². The van der Waals surface area contributed by atoms with Gasteiger partial charge in [-0.15, -0.1) is 0 Å². The first-order chi connectivity index (χ1) is 8.17. The maximum Gasteiger partial charge on any atom is 0.326 e. The van der Waals surface area contributed by atoms with Crippen molar-refractivity contribution in [3.8, 4) is 5.88 Å². The molecule has 1 unspecified atom stereocenters. The van der Waals surface area contributed by atoms with E-state index in [1.54, 1.807) is 13.0 Å². The van der Waals surface area contributed by atoms with Crippen molar-refractivity contribution in [1.29, 1.82) is 0 Å². The topological polar surface area (TPSA) is 84.3 Å². The van der Waals surface area contributed by atoms with Crippen LogP contribution in [0.1, 0.15) is 26.7 Å². The van der Waals surface area contributed by atoms with Crippen LogP contribution in [-0.4, -0.2) is 33.7 Å². The van der Waals surface area contributed by atoms with Crippen LogP contribution in [0.15, 0.2) is 12.3 Å². The third kappa shape index (κ3) is 4.26. The van der Waals surface area contributed by atoms with Crippen LogP contribution in [0.2, 0.25) is 0 Å². The number of rotatable bonds is 7. The molecule has 1 aromatic heterocycles. The number of anilines is 1. The summed E-state index contributed by atoms with van der Waals surface area (Å²) < 4.78 is 5.33. The van der Waals surface area contributed by atoms with Crippen LogP contribution >= 0.6 is 0 Å². The first-order valence-corrected chi connectivity index (χ1v) is 5.62. The largest absolute Gasteiger partial charge is 0.480 e. The Bertz CT molecular complexity index is 371. The molecular formula is C11H17N3O3. The predicted molar refractivity (Wildman–Crippen MR) is 63.2 cm³/mol. The molecular weight excluding hydrogens is 222 g/mol. The van der Waals surface area contributed by atoms with Gasteiger partial charge in [-0.1, -0.05) is 13.8 Å². The highest BCUT2D eigenvalue weighted by Gasteiger charge is 2.15. The Kier molecular flexibility index (Phi) is 5.19. The van der Waals surface area contributed by atoms with Crippen molar-refractivity contribution >= 4 is 11.9 Å². The second kappa shape index (κ2) is 6.67. The van der Waals surface area contributed by atoms with Gasteiger partial charge in [0.2, 0.25) is 11.8 Å². The summed E-state index contributed by atoms with van der Waals surface area (Å²) in [6, 6.07) is 0.958. The van der Waals surface area contributed by atoms with Gasteiger partial charge in [0.15, 0.2) is 0 Å². The summed E-state index contributed by atoms with van der Waals surface area (Å²) in [5.41, 5.74) is 0. The molecule has 1 heterocycles. The van der Waals surface area contributed by atoms with Crippen molar-refractivity contribution in [3.63, 3.8) is 0 Å². The van der Waals surface area contributed by atoms with Crippen LogP contribution in [0, 0.1) is 0 Å². The second-order valence-corrected chi connectivity index (χ2v) is 3.51. The highest BCUT2D eigenvalue weighted by molar-refractivity contribution is 5.76. The number of aliphatic carboxylic acids is 1. The minimum absolute atomic E-state index is 0.271. The van der Waals surface area contributed by atoms with E-state index in [1.165, 1.54) is 6.20 Å². The molecule has 17 heavy (non-hydrogen) atoms. The molecule has 6 nitrogen and oxygen atoms in total. The quantitative estimate of drug-likeness (QED) is 0.750. The summed E-state index contributed by atoms with van der Waals surface area (Å²) in [5.74, 6) is -0.201. The van der Waals surface area contributed by atoms with Gasteiger partial charge in [0.25, 0.3) is 0 Å². The number of carboxylic acids is 1. The third-order valence-electron chi connectivity index (χ3n) is 2.09. The lowest BCUT2D eigenvalue weighted by molar-refractivity contribution is -0.138. The van der Waals surface area contributed by atoms with Crippen LogP contribution in [0.4, 0.5) is 5.95 Å². The van der Waals surface area contributed by atoms with E-state index in [1.807, 2.05) is 6.92 Å². The standard InChI is InChI=1S/C11H17N3O3/c1-3-7-17-9-5-6-12-11(14-9)13-8(4-2)10(15)16/h5-6,8H,3-4,7H2,1-2H3,(H,15,16)(H,12,13,14). The molecule has 0 spiro atoms. The van der Waals surface area contributed by atoms with Gasteiger partial charge in [0.1, 0.15) is 6.04 Å². The third-order valence-corrected chi connectivity index (χ3v) is 2.09. The van der Waals surface area contributed by atoms with E-state index in [9.17, 15) is 4.79 Å². The Morgan fingerprint density at radius 3 is 2.94 bits per heavy atom. The molecule has 0 aliphatic carbocycles. The first kappa shape index (κ1) is 13.2. The predicted octanol–water partition coefficient (Wildman–Crippen LogP) is 1.54. The molecule has 94 valence electrons. The normalized spacial score (nSPS) is 11.9. The Balaban J connectivity index is 2.67. The lowest BCUT2D eigenvalue weighted by Crippen LogP contribution is -2.29. The zero-order valence-corrected chi connectivity index (χ0v) is 10.0. The van der Waals surface area contributed by atoms with E-state index >= 15 is 0 Å². The fourth-order valence-electron chi connectivity index (χ4n) is 1.19. The van der Waals surface area contributed by atoms with Crippen molar-refractivity contribution in [2.45, 2.75) is 32.7 Å². The smallest absolute Gasteiger partial charge is 0.326 e. The molecule has 0 saturated heterocycles. The number of carbonyl (C=O) groups is 1. The fraction of sp³-hybridized carbons (Fsp3) is 0.545. The Morgan fingerprint density at radius 2 is 2.35 bits per heavy atom. The van der Waals surface area contributed by atoms with Gasteiger partial charge < -0.3 is 15.2 Å². The van der Waals surface area contributed by atoms with Crippen molar-refractivity contribution in [3.05, 3.63) is 12.3 Å². The number of nitrogens with one attached hydrogen (secondary N) is 1. The summed E-state index contributed by atoms with van der Waals surface area (Å²) in [4.78, 5) is 18.9. The van der Waals surface area contributed by atoms with E-state index in [0.29, 0.717) is 18.9 Å². The Morgan fingerprint density at radius 1 is 1.59 bits per heavy atom. The first-order valence-electron chi connectivity index (χ1n) is 5.62. The maximum atomic E-state index is 10.8. The molecule has 0 saturated carbocycles. The Labute approximate surface area is 100 Å². The molecule has 1 atom stereocenters. The molecule has 6 heteroatoms. The average molecular weight is 239 g/mol. The number of hydrogen-bond acceptors (Lipinski definition) is 5. The Hall–Kier alpha value is -1.85. The fourth-order valence-corrected chi connectivity index (χ4v) is 1.19. The molecule has 0 radical (unpaired) electrons. The van der Waals surface area contributed by atoms with Crippen LogP contribution in [-0.2, 0) is 4.79 Å². The van der Waals surface area contributed by atoms with Crippen molar-refractivity contribution in [2.75, 3.05) is 11.9 Å². The molecule has 0 amide bonds. The summed E-state index contributed by atoms with van der Waals surface area (Å²) in [6.07, 6.45) is 2.88. The average Bonchev–Trinajstić information content (AvgIpc) is 2.33. The van der Waals surface area contributed by atoms with E-state index in [2.05, 4.69) is 15.3 Å². The van der Waals surface area contributed by atoms with Crippen LogP contribution in [0.3, 0.4) is 0 Å². The number of nitrogens with zero attached hydrogens (tertiary/aromatic N) is 2. The summed E-state index contributed by atoms with van der Waals surface area (Å²) in [6.45, 7) is 4.35. The lowest BCUT2D eigenvalue weighted by Gasteiger charge is -2.12. The molecule has 1 aromatic rings. The second-order valence-electron chi connectivity index (χ2n) is 3.51. The van der Waals surface area contributed by atoms with Gasteiger partial charge in [0, 0.05) is 12.3 Å². The number of carboxylic acid groups (broad SMARTS) is 1. The van der Waals surface area contributed by atoms with Gasteiger partial charge in [-0.3, -0.25) is 0 Å². The van der Waals surface area contributed by atoms with Crippen LogP contribution in [0.25, 0.3) is 0 Å². The SMILES string of the molecule is CCCOc1ccnc(NC(CC)C(=O)O)n1. The molecule has 0 fully saturated rings. The molecule has 0 aliphatic heterocycles. The lowest BCUT2D eigenvalue weighted by atomic mass is 10.2. The molecule has 1 rings (SSSR count). The van der Waals surface area contributed by atoms with Gasteiger partial charge in [0.05, 0.1) is 6.61 Å². The highest BCUT2D eigenvalue weighted by atomic mass is 16.5. The van der Waals surface area contributed by atoms with Gasteiger partial charge >= 0.3 is 5.97 Å².